The Balaban J connectivity index is 1.58. The largest absolute Gasteiger partial charge is 0.357 e. The highest BCUT2D eigenvalue weighted by Crippen LogP contribution is 2.38. The zero-order chi connectivity index (χ0) is 18.8. The Morgan fingerprint density at radius 3 is 2.63 bits per heavy atom. The zero-order valence-electron chi connectivity index (χ0n) is 14.0. The van der Waals surface area contributed by atoms with Crippen molar-refractivity contribution in [2.24, 2.45) is 0 Å². The highest BCUT2D eigenvalue weighted by atomic mass is 32.2. The van der Waals surface area contributed by atoms with Crippen LogP contribution in [-0.4, -0.2) is 26.9 Å². The summed E-state index contributed by atoms with van der Waals surface area (Å²) in [5.74, 6) is -0.248. The molecule has 1 fully saturated rings. The number of rotatable bonds is 7. The van der Waals surface area contributed by atoms with E-state index in [1.54, 1.807) is 36.4 Å². The second-order valence-electron chi connectivity index (χ2n) is 6.03. The van der Waals surface area contributed by atoms with Crippen LogP contribution >= 0.6 is 23.1 Å². The minimum atomic E-state index is -0.478. The highest BCUT2D eigenvalue weighted by molar-refractivity contribution is 8.01. The van der Waals surface area contributed by atoms with Crippen LogP contribution in [-0.2, 0) is 0 Å². The van der Waals surface area contributed by atoms with Gasteiger partial charge in [-0.05, 0) is 36.7 Å². The van der Waals surface area contributed by atoms with Gasteiger partial charge in [0.25, 0.3) is 5.69 Å². The lowest BCUT2D eigenvalue weighted by molar-refractivity contribution is -0.387. The molecule has 0 bridgehead atoms. The Hall–Kier alpha value is -2.78. The SMILES string of the molecule is O=C(c1ccccc1)c1ccc(Sc2nnc(NC3CC3)s2)c([N+](=O)[O-])c1. The van der Waals surface area contributed by atoms with E-state index in [0.29, 0.717) is 20.8 Å². The molecule has 1 aliphatic rings. The molecule has 0 unspecified atom stereocenters. The van der Waals surface area contributed by atoms with Gasteiger partial charge < -0.3 is 5.32 Å². The molecule has 1 aliphatic carbocycles. The van der Waals surface area contributed by atoms with E-state index in [-0.39, 0.29) is 17.0 Å². The Bertz CT molecular complexity index is 1000. The van der Waals surface area contributed by atoms with Crippen LogP contribution in [0.2, 0.25) is 0 Å². The van der Waals surface area contributed by atoms with Crippen molar-refractivity contribution in [3.8, 4) is 0 Å². The van der Waals surface area contributed by atoms with E-state index in [0.717, 1.165) is 18.0 Å². The van der Waals surface area contributed by atoms with Crippen molar-refractivity contribution in [3.05, 3.63) is 69.8 Å². The standard InChI is InChI=1S/C18H14N4O3S2/c23-16(11-4-2-1-3-5-11)12-6-9-15(14(10-12)22(24)25)26-18-21-20-17(27-18)19-13-7-8-13/h1-6,9-10,13H,7-8H2,(H,19,20). The van der Waals surface area contributed by atoms with E-state index in [9.17, 15) is 14.9 Å². The Morgan fingerprint density at radius 2 is 1.93 bits per heavy atom. The summed E-state index contributed by atoms with van der Waals surface area (Å²) in [5, 5.41) is 23.6. The molecule has 1 aromatic heterocycles. The van der Waals surface area contributed by atoms with Crippen molar-refractivity contribution >= 4 is 39.7 Å². The molecule has 0 atom stereocenters. The zero-order valence-corrected chi connectivity index (χ0v) is 15.6. The van der Waals surface area contributed by atoms with Gasteiger partial charge >= 0.3 is 0 Å². The van der Waals surface area contributed by atoms with Gasteiger partial charge in [-0.15, -0.1) is 10.2 Å². The number of carbonyl (C=O) groups is 1. The summed E-state index contributed by atoms with van der Waals surface area (Å²) >= 11 is 2.54. The average molecular weight is 398 g/mol. The van der Waals surface area contributed by atoms with Crippen LogP contribution in [0, 0.1) is 10.1 Å². The van der Waals surface area contributed by atoms with E-state index < -0.39 is 4.92 Å². The number of nitrogens with zero attached hydrogens (tertiary/aromatic N) is 3. The average Bonchev–Trinajstić information content (AvgIpc) is 3.39. The van der Waals surface area contributed by atoms with Crippen LogP contribution in [0.5, 0.6) is 0 Å². The van der Waals surface area contributed by atoms with Gasteiger partial charge in [-0.25, -0.2) is 0 Å². The number of hydrogen-bond acceptors (Lipinski definition) is 8. The molecule has 4 rings (SSSR count). The molecule has 0 aliphatic heterocycles. The van der Waals surface area contributed by atoms with Crippen molar-refractivity contribution in [1.82, 2.24) is 10.2 Å². The van der Waals surface area contributed by atoms with E-state index in [4.69, 9.17) is 0 Å². The summed E-state index contributed by atoms with van der Waals surface area (Å²) < 4.78 is 0.614. The molecule has 0 amide bonds. The monoisotopic (exact) mass is 398 g/mol. The molecule has 2 aromatic carbocycles. The normalized spacial score (nSPS) is 13.3. The quantitative estimate of drug-likeness (QED) is 0.358. The van der Waals surface area contributed by atoms with Crippen molar-refractivity contribution in [3.63, 3.8) is 0 Å². The lowest BCUT2D eigenvalue weighted by Crippen LogP contribution is -2.02. The number of nitro groups is 1. The number of carbonyl (C=O) groups excluding carboxylic acids is 1. The van der Waals surface area contributed by atoms with Crippen LogP contribution in [0.3, 0.4) is 0 Å². The van der Waals surface area contributed by atoms with Crippen molar-refractivity contribution < 1.29 is 9.72 Å². The smallest absolute Gasteiger partial charge is 0.284 e. The first-order valence-corrected chi connectivity index (χ1v) is 9.89. The number of ketones is 1. The number of anilines is 1. The van der Waals surface area contributed by atoms with Gasteiger partial charge in [0, 0.05) is 23.2 Å². The molecule has 1 saturated carbocycles. The predicted molar refractivity (Wildman–Crippen MR) is 104 cm³/mol. The minimum Gasteiger partial charge on any atom is -0.357 e. The van der Waals surface area contributed by atoms with E-state index in [1.165, 1.54) is 29.2 Å². The first-order valence-electron chi connectivity index (χ1n) is 8.26. The number of benzene rings is 2. The lowest BCUT2D eigenvalue weighted by atomic mass is 10.0. The third-order valence-electron chi connectivity index (χ3n) is 3.96. The summed E-state index contributed by atoms with van der Waals surface area (Å²) in [6.07, 6.45) is 2.26. The highest BCUT2D eigenvalue weighted by Gasteiger charge is 2.24. The Kier molecular flexibility index (Phi) is 4.87. The van der Waals surface area contributed by atoms with Gasteiger partial charge in [0.15, 0.2) is 10.1 Å². The van der Waals surface area contributed by atoms with E-state index in [2.05, 4.69) is 15.5 Å². The molecule has 7 nitrogen and oxygen atoms in total. The third kappa shape index (κ3) is 4.15. The molecule has 0 radical (unpaired) electrons. The van der Waals surface area contributed by atoms with Crippen LogP contribution in [0.1, 0.15) is 28.8 Å². The van der Waals surface area contributed by atoms with E-state index in [1.807, 2.05) is 6.07 Å². The summed E-state index contributed by atoms with van der Waals surface area (Å²) in [5.41, 5.74) is 0.659. The fourth-order valence-electron chi connectivity index (χ4n) is 2.45. The number of hydrogen-bond donors (Lipinski definition) is 1. The second-order valence-corrected chi connectivity index (χ2v) is 8.30. The van der Waals surface area contributed by atoms with Crippen molar-refractivity contribution in [2.45, 2.75) is 28.1 Å². The predicted octanol–water partition coefficient (Wildman–Crippen LogP) is 4.40. The fraction of sp³-hybridized carbons (Fsp3) is 0.167. The van der Waals surface area contributed by atoms with Crippen molar-refractivity contribution in [1.29, 1.82) is 0 Å². The first kappa shape index (κ1) is 17.6. The maximum atomic E-state index is 12.5. The molecular weight excluding hydrogens is 384 g/mol. The second kappa shape index (κ2) is 7.45. The number of nitrogens with one attached hydrogen (secondary N) is 1. The van der Waals surface area contributed by atoms with Gasteiger partial charge in [-0.3, -0.25) is 14.9 Å². The third-order valence-corrected chi connectivity index (χ3v) is 5.93. The van der Waals surface area contributed by atoms with Crippen LogP contribution in [0.25, 0.3) is 0 Å². The van der Waals surface area contributed by atoms with Crippen LogP contribution in [0.15, 0.2) is 57.8 Å². The summed E-state index contributed by atoms with van der Waals surface area (Å²) in [7, 11) is 0. The van der Waals surface area contributed by atoms with Gasteiger partial charge in [0.2, 0.25) is 5.13 Å². The van der Waals surface area contributed by atoms with Gasteiger partial charge in [0.05, 0.1) is 9.82 Å². The van der Waals surface area contributed by atoms with Gasteiger partial charge in [0.1, 0.15) is 0 Å². The minimum absolute atomic E-state index is 0.117. The molecule has 27 heavy (non-hydrogen) atoms. The molecule has 136 valence electrons. The van der Waals surface area contributed by atoms with Gasteiger partial charge in [-0.1, -0.05) is 41.7 Å². The van der Waals surface area contributed by atoms with Gasteiger partial charge in [-0.2, -0.15) is 0 Å². The molecule has 0 saturated heterocycles. The molecule has 3 aromatic rings. The van der Waals surface area contributed by atoms with Crippen molar-refractivity contribution in [2.75, 3.05) is 5.32 Å². The number of aromatic nitrogens is 2. The summed E-state index contributed by atoms with van der Waals surface area (Å²) in [6.45, 7) is 0. The summed E-state index contributed by atoms with van der Waals surface area (Å²) in [6, 6.07) is 13.7. The topological polar surface area (TPSA) is 98.0 Å². The lowest BCUT2D eigenvalue weighted by Gasteiger charge is -2.04. The molecule has 9 heteroatoms. The summed E-state index contributed by atoms with van der Waals surface area (Å²) in [4.78, 5) is 24.0. The first-order chi connectivity index (χ1) is 13.1. The molecular formula is C18H14N4O3S2. The molecule has 1 N–H and O–H groups in total. The Morgan fingerprint density at radius 1 is 1.15 bits per heavy atom. The molecule has 0 spiro atoms. The number of nitro benzene ring substituents is 1. The fourth-order valence-corrected chi connectivity index (χ4v) is 4.32. The Labute approximate surface area is 163 Å². The maximum Gasteiger partial charge on any atom is 0.284 e. The molecule has 1 heterocycles. The van der Waals surface area contributed by atoms with Crippen LogP contribution in [0.4, 0.5) is 10.8 Å². The maximum absolute atomic E-state index is 12.5. The van der Waals surface area contributed by atoms with E-state index >= 15 is 0 Å². The van der Waals surface area contributed by atoms with Crippen LogP contribution < -0.4 is 5.32 Å².